The molecule has 2 aromatic carbocycles. The minimum Gasteiger partial charge on any atom is -0.324 e. The monoisotopic (exact) mass is 430 g/mol. The summed E-state index contributed by atoms with van der Waals surface area (Å²) in [4.78, 5) is 31.2. The van der Waals surface area contributed by atoms with Crippen molar-refractivity contribution in [3.05, 3.63) is 78.1 Å². The second-order valence-corrected chi connectivity index (χ2v) is 9.24. The van der Waals surface area contributed by atoms with Crippen LogP contribution in [0.25, 0.3) is 11.8 Å². The molecule has 0 unspecified atom stereocenters. The maximum absolute atomic E-state index is 13.1. The Balaban J connectivity index is 1.70. The largest absolute Gasteiger partial charge is 0.335 e. The number of halogens is 1. The van der Waals surface area contributed by atoms with Gasteiger partial charge in [0, 0.05) is 17.5 Å². The van der Waals surface area contributed by atoms with Crippen LogP contribution < -0.4 is 5.32 Å². The van der Waals surface area contributed by atoms with Gasteiger partial charge >= 0.3 is 7.60 Å². The van der Waals surface area contributed by atoms with Crippen LogP contribution in [-0.2, 0) is 14.5 Å². The number of rotatable bonds is 6. The summed E-state index contributed by atoms with van der Waals surface area (Å²) in [5.41, 5.74) is 1.57. The molecule has 0 atom stereocenters. The number of hydrogen-bond donors (Lipinski definition) is 3. The van der Waals surface area contributed by atoms with Crippen molar-refractivity contribution >= 4 is 25.3 Å². The van der Waals surface area contributed by atoms with Crippen LogP contribution in [-0.4, -0.2) is 30.5 Å². The molecule has 3 aromatic rings. The number of hydrogen-bond acceptors (Lipinski definition) is 4. The van der Waals surface area contributed by atoms with Gasteiger partial charge in [0.2, 0.25) is 5.91 Å². The van der Waals surface area contributed by atoms with Gasteiger partial charge in [0.15, 0.2) is 5.82 Å². The number of amides is 1. The molecule has 0 spiro atoms. The third-order valence-electron chi connectivity index (χ3n) is 4.65. The summed E-state index contributed by atoms with van der Waals surface area (Å²) in [6.45, 7) is 2.92. The van der Waals surface area contributed by atoms with Crippen molar-refractivity contribution in [2.45, 2.75) is 19.0 Å². The second-order valence-electron chi connectivity index (χ2n) is 7.04. The molecule has 0 saturated carbocycles. The number of aromatic nitrogens is 3. The maximum Gasteiger partial charge on any atom is 0.335 e. The van der Waals surface area contributed by atoms with Gasteiger partial charge < -0.3 is 15.1 Å². The molecule has 0 aliphatic rings. The zero-order valence-corrected chi connectivity index (χ0v) is 17.1. The summed E-state index contributed by atoms with van der Waals surface area (Å²) in [5, 5.41) is 9.07. The Bertz CT molecular complexity index is 1120. The summed E-state index contributed by atoms with van der Waals surface area (Å²) < 4.78 is 26.3. The molecule has 3 rings (SSSR count). The summed E-state index contributed by atoms with van der Waals surface area (Å²) in [6.07, 6.45) is 4.20. The quantitative estimate of drug-likeness (QED) is 0.407. The Morgan fingerprint density at radius 3 is 2.37 bits per heavy atom. The van der Waals surface area contributed by atoms with Gasteiger partial charge in [-0.25, -0.2) is 4.39 Å². The average Bonchev–Trinajstić information content (AvgIpc) is 3.15. The molecule has 1 amide bonds. The van der Waals surface area contributed by atoms with E-state index in [9.17, 15) is 23.5 Å². The first-order chi connectivity index (χ1) is 14.1. The van der Waals surface area contributed by atoms with Gasteiger partial charge in [-0.15, -0.1) is 10.2 Å². The molecule has 0 aliphatic carbocycles. The standard InChI is InChI=1S/C20H20FN4O4P/c1-20(2,30(27,28)29)14-3-7-16(8-4-14)23-19(26)12-11-18-24-22-13-25(18)17-9-5-15(21)6-10-17/h3-13H,1-2H3,(H,23,26)(H2,27,28,29)/b12-11+. The molecule has 0 radical (unpaired) electrons. The number of carbonyl (C=O) groups excluding carboxylic acids is 1. The lowest BCUT2D eigenvalue weighted by molar-refractivity contribution is -0.111. The van der Waals surface area contributed by atoms with Gasteiger partial charge in [0.1, 0.15) is 12.1 Å². The highest BCUT2D eigenvalue weighted by molar-refractivity contribution is 7.53. The van der Waals surface area contributed by atoms with E-state index in [2.05, 4.69) is 15.5 Å². The third-order valence-corrected chi connectivity index (χ3v) is 6.36. The van der Waals surface area contributed by atoms with E-state index in [0.29, 0.717) is 22.8 Å². The van der Waals surface area contributed by atoms with E-state index in [4.69, 9.17) is 0 Å². The summed E-state index contributed by atoms with van der Waals surface area (Å²) in [6, 6.07) is 12.0. The smallest absolute Gasteiger partial charge is 0.324 e. The summed E-state index contributed by atoms with van der Waals surface area (Å²) >= 11 is 0. The van der Waals surface area contributed by atoms with E-state index >= 15 is 0 Å². The van der Waals surface area contributed by atoms with E-state index in [-0.39, 0.29) is 5.82 Å². The highest BCUT2D eigenvalue weighted by Gasteiger charge is 2.39. The first kappa shape index (κ1) is 21.6. The number of benzene rings is 2. The summed E-state index contributed by atoms with van der Waals surface area (Å²) in [7, 11) is -4.34. The first-order valence-corrected chi connectivity index (χ1v) is 10.5. The average molecular weight is 430 g/mol. The van der Waals surface area contributed by atoms with E-state index in [0.717, 1.165) is 0 Å². The zero-order valence-electron chi connectivity index (χ0n) is 16.2. The van der Waals surface area contributed by atoms with Gasteiger partial charge in [0.05, 0.1) is 5.16 Å². The number of nitrogens with one attached hydrogen (secondary N) is 1. The van der Waals surface area contributed by atoms with Crippen LogP contribution in [0.5, 0.6) is 0 Å². The van der Waals surface area contributed by atoms with Crippen LogP contribution in [0.4, 0.5) is 10.1 Å². The van der Waals surface area contributed by atoms with Crippen LogP contribution >= 0.6 is 7.60 Å². The van der Waals surface area contributed by atoms with Crippen LogP contribution in [0, 0.1) is 5.82 Å². The predicted molar refractivity (Wildman–Crippen MR) is 110 cm³/mol. The fourth-order valence-corrected chi connectivity index (χ4v) is 3.11. The molecule has 0 saturated heterocycles. The molecule has 0 aliphatic heterocycles. The molecule has 156 valence electrons. The van der Waals surface area contributed by atoms with Crippen molar-refractivity contribution in [2.75, 3.05) is 5.32 Å². The van der Waals surface area contributed by atoms with Crippen molar-refractivity contribution in [3.63, 3.8) is 0 Å². The van der Waals surface area contributed by atoms with E-state index in [1.165, 1.54) is 44.5 Å². The first-order valence-electron chi connectivity index (χ1n) is 8.89. The van der Waals surface area contributed by atoms with Crippen LogP contribution in [0.15, 0.2) is 60.9 Å². The van der Waals surface area contributed by atoms with Crippen molar-refractivity contribution in [1.82, 2.24) is 14.8 Å². The van der Waals surface area contributed by atoms with Crippen molar-refractivity contribution in [2.24, 2.45) is 0 Å². The van der Waals surface area contributed by atoms with Gasteiger partial charge in [-0.05, 0) is 61.9 Å². The van der Waals surface area contributed by atoms with Gasteiger partial charge in [-0.3, -0.25) is 13.9 Å². The van der Waals surface area contributed by atoms with Gasteiger partial charge in [0.25, 0.3) is 0 Å². The Kier molecular flexibility index (Phi) is 5.98. The van der Waals surface area contributed by atoms with Crippen molar-refractivity contribution < 1.29 is 23.5 Å². The van der Waals surface area contributed by atoms with E-state index in [1.54, 1.807) is 41.0 Å². The Morgan fingerprint density at radius 1 is 1.13 bits per heavy atom. The normalized spacial score (nSPS) is 12.3. The number of carbonyl (C=O) groups is 1. The van der Waals surface area contributed by atoms with Gasteiger partial charge in [-0.1, -0.05) is 12.1 Å². The fourth-order valence-electron chi connectivity index (χ4n) is 2.62. The molecule has 30 heavy (non-hydrogen) atoms. The lowest BCUT2D eigenvalue weighted by atomic mass is 10.0. The Hall–Kier alpha value is -3.13. The summed E-state index contributed by atoms with van der Waals surface area (Å²) in [5.74, 6) is -0.403. The lowest BCUT2D eigenvalue weighted by Crippen LogP contribution is -2.17. The van der Waals surface area contributed by atoms with E-state index in [1.807, 2.05) is 0 Å². The minimum atomic E-state index is -4.34. The highest BCUT2D eigenvalue weighted by Crippen LogP contribution is 2.56. The Morgan fingerprint density at radius 2 is 1.77 bits per heavy atom. The third kappa shape index (κ3) is 4.71. The number of nitrogens with zero attached hydrogens (tertiary/aromatic N) is 3. The van der Waals surface area contributed by atoms with Crippen LogP contribution in [0.2, 0.25) is 0 Å². The molecule has 10 heteroatoms. The minimum absolute atomic E-state index is 0.363. The second kappa shape index (κ2) is 8.31. The molecular weight excluding hydrogens is 410 g/mol. The predicted octanol–water partition coefficient (Wildman–Crippen LogP) is 3.47. The molecular formula is C20H20FN4O4P. The van der Waals surface area contributed by atoms with Crippen molar-refractivity contribution in [3.8, 4) is 5.69 Å². The van der Waals surface area contributed by atoms with Gasteiger partial charge in [-0.2, -0.15) is 0 Å². The fraction of sp³-hybridized carbons (Fsp3) is 0.150. The molecule has 8 nitrogen and oxygen atoms in total. The molecule has 3 N–H and O–H groups in total. The van der Waals surface area contributed by atoms with Crippen molar-refractivity contribution in [1.29, 1.82) is 0 Å². The maximum atomic E-state index is 13.1. The lowest BCUT2D eigenvalue weighted by Gasteiger charge is -2.26. The molecule has 0 fully saturated rings. The van der Waals surface area contributed by atoms with Crippen LogP contribution in [0.3, 0.4) is 0 Å². The highest BCUT2D eigenvalue weighted by atomic mass is 31.2. The number of anilines is 1. The Labute approximate surface area is 172 Å². The SMILES string of the molecule is CC(C)(c1ccc(NC(=O)/C=C/c2nncn2-c2ccc(F)cc2)cc1)P(=O)(O)O. The van der Waals surface area contributed by atoms with Crippen LogP contribution in [0.1, 0.15) is 25.2 Å². The molecule has 1 aromatic heterocycles. The molecule has 0 bridgehead atoms. The molecule has 1 heterocycles. The van der Waals surface area contributed by atoms with E-state index < -0.39 is 18.7 Å². The zero-order chi connectivity index (χ0) is 21.9. The topological polar surface area (TPSA) is 117 Å².